The molecule has 0 aliphatic carbocycles. The van der Waals surface area contributed by atoms with Crippen LogP contribution in [0, 0.1) is 12.8 Å². The second-order valence-electron chi connectivity index (χ2n) is 7.52. The van der Waals surface area contributed by atoms with Crippen LogP contribution in [0.25, 0.3) is 16.9 Å². The van der Waals surface area contributed by atoms with Gasteiger partial charge in [0.1, 0.15) is 5.65 Å². The minimum Gasteiger partial charge on any atom is -0.370 e. The quantitative estimate of drug-likeness (QED) is 0.571. The topological polar surface area (TPSA) is 37.6 Å². The molecule has 1 fully saturated rings. The highest BCUT2D eigenvalue weighted by atomic mass is 32.2. The molecule has 1 aromatic carbocycles. The molecule has 1 atom stereocenters. The van der Waals surface area contributed by atoms with Crippen molar-refractivity contribution in [1.82, 2.24) is 9.38 Å². The Hall–Kier alpha value is -2.27. The summed E-state index contributed by atoms with van der Waals surface area (Å²) in [4.78, 5) is 21.2. The number of hydrogen-bond donors (Lipinski definition) is 0. The molecule has 1 saturated heterocycles. The van der Waals surface area contributed by atoms with Crippen LogP contribution in [0.1, 0.15) is 32.3 Å². The van der Waals surface area contributed by atoms with Crippen LogP contribution in [0.15, 0.2) is 52.3 Å². The lowest BCUT2D eigenvalue weighted by atomic mass is 10.1. The minimum absolute atomic E-state index is 0.0293. The summed E-state index contributed by atoms with van der Waals surface area (Å²) >= 11 is 1.82. The number of anilines is 1. The van der Waals surface area contributed by atoms with Gasteiger partial charge in [0, 0.05) is 35.8 Å². The highest BCUT2D eigenvalue weighted by Gasteiger charge is 2.21. The van der Waals surface area contributed by atoms with E-state index in [1.807, 2.05) is 24.0 Å². The van der Waals surface area contributed by atoms with Gasteiger partial charge in [-0.25, -0.2) is 4.98 Å². The summed E-state index contributed by atoms with van der Waals surface area (Å²) in [6.07, 6.45) is 4.38. The van der Waals surface area contributed by atoms with Gasteiger partial charge in [0.25, 0.3) is 5.56 Å². The van der Waals surface area contributed by atoms with Crippen molar-refractivity contribution in [3.05, 3.63) is 58.5 Å². The molecule has 146 valence electrons. The van der Waals surface area contributed by atoms with Gasteiger partial charge in [0.05, 0.1) is 11.4 Å². The third-order valence-electron chi connectivity index (χ3n) is 5.66. The molecule has 3 heterocycles. The number of nitrogens with zero attached hydrogens (tertiary/aromatic N) is 3. The van der Waals surface area contributed by atoms with Gasteiger partial charge in [-0.3, -0.25) is 9.20 Å². The SMILES string of the molecule is CCSc1cc(-c2cc(=O)n3cc(N4CCC(CC)C4)ccc3n2)ccc1C. The van der Waals surface area contributed by atoms with Crippen LogP contribution in [0.3, 0.4) is 0 Å². The molecule has 3 aromatic rings. The first-order valence-electron chi connectivity index (χ1n) is 10.1. The molecule has 0 amide bonds. The van der Waals surface area contributed by atoms with Gasteiger partial charge in [0.15, 0.2) is 0 Å². The third kappa shape index (κ3) is 3.68. The van der Waals surface area contributed by atoms with Crippen LogP contribution in [-0.4, -0.2) is 28.2 Å². The lowest BCUT2D eigenvalue weighted by Crippen LogP contribution is -2.22. The Balaban J connectivity index is 1.71. The maximum absolute atomic E-state index is 12.8. The molecular formula is C23H27N3OS. The zero-order chi connectivity index (χ0) is 19.7. The van der Waals surface area contributed by atoms with Crippen molar-refractivity contribution in [1.29, 1.82) is 0 Å². The molecule has 2 aromatic heterocycles. The Bertz CT molecular complexity index is 1060. The first-order valence-corrected chi connectivity index (χ1v) is 11.1. The second-order valence-corrected chi connectivity index (χ2v) is 8.82. The molecule has 0 N–H and O–H groups in total. The van der Waals surface area contributed by atoms with Crippen molar-refractivity contribution in [2.75, 3.05) is 23.7 Å². The maximum Gasteiger partial charge on any atom is 0.258 e. The second kappa shape index (κ2) is 8.00. The zero-order valence-electron chi connectivity index (χ0n) is 16.8. The summed E-state index contributed by atoms with van der Waals surface area (Å²) in [6.45, 7) is 8.65. The number of aromatic nitrogens is 2. The van der Waals surface area contributed by atoms with Crippen molar-refractivity contribution >= 4 is 23.1 Å². The number of benzene rings is 1. The maximum atomic E-state index is 12.8. The van der Waals surface area contributed by atoms with Gasteiger partial charge in [-0.15, -0.1) is 11.8 Å². The van der Waals surface area contributed by atoms with E-state index in [4.69, 9.17) is 4.98 Å². The molecule has 0 saturated carbocycles. The fourth-order valence-corrected chi connectivity index (χ4v) is 4.71. The van der Waals surface area contributed by atoms with E-state index in [1.165, 1.54) is 23.3 Å². The smallest absolute Gasteiger partial charge is 0.258 e. The summed E-state index contributed by atoms with van der Waals surface area (Å²) in [5.41, 5.74) is 4.77. The van der Waals surface area contributed by atoms with Crippen molar-refractivity contribution in [2.45, 2.75) is 38.5 Å². The predicted octanol–water partition coefficient (Wildman–Crippen LogP) is 5.02. The van der Waals surface area contributed by atoms with E-state index in [9.17, 15) is 4.79 Å². The van der Waals surface area contributed by atoms with Crippen LogP contribution in [0.2, 0.25) is 0 Å². The van der Waals surface area contributed by atoms with E-state index in [0.717, 1.165) is 41.7 Å². The molecule has 0 spiro atoms. The van der Waals surface area contributed by atoms with Crippen LogP contribution in [-0.2, 0) is 0 Å². The van der Waals surface area contributed by atoms with Gasteiger partial charge in [-0.2, -0.15) is 0 Å². The normalized spacial score (nSPS) is 16.8. The number of thioether (sulfide) groups is 1. The number of fused-ring (bicyclic) bond motifs is 1. The molecule has 1 aliphatic rings. The number of pyridine rings is 1. The monoisotopic (exact) mass is 393 g/mol. The molecular weight excluding hydrogens is 366 g/mol. The molecule has 5 heteroatoms. The third-order valence-corrected chi connectivity index (χ3v) is 6.70. The van der Waals surface area contributed by atoms with E-state index in [0.29, 0.717) is 5.65 Å². The first kappa shape index (κ1) is 19.1. The lowest BCUT2D eigenvalue weighted by molar-refractivity contribution is 0.569. The van der Waals surface area contributed by atoms with E-state index in [2.05, 4.69) is 49.9 Å². The highest BCUT2D eigenvalue weighted by molar-refractivity contribution is 7.99. The van der Waals surface area contributed by atoms with E-state index in [-0.39, 0.29) is 5.56 Å². The lowest BCUT2D eigenvalue weighted by Gasteiger charge is -2.19. The molecule has 4 rings (SSSR count). The van der Waals surface area contributed by atoms with Crippen molar-refractivity contribution < 1.29 is 0 Å². The van der Waals surface area contributed by atoms with Gasteiger partial charge in [0.2, 0.25) is 0 Å². The molecule has 4 nitrogen and oxygen atoms in total. The number of aryl methyl sites for hydroxylation is 1. The fourth-order valence-electron chi connectivity index (χ4n) is 3.90. The van der Waals surface area contributed by atoms with E-state index in [1.54, 1.807) is 10.5 Å². The van der Waals surface area contributed by atoms with Crippen molar-refractivity contribution in [3.8, 4) is 11.3 Å². The standard InChI is InChI=1S/C23H27N3OS/c1-4-17-10-11-25(14-17)19-8-9-22-24-20(13-23(27)26(22)15-19)18-7-6-16(3)21(12-18)28-5-2/h6-9,12-13,15,17H,4-5,10-11,14H2,1-3H3. The zero-order valence-corrected chi connectivity index (χ0v) is 17.6. The predicted molar refractivity (Wildman–Crippen MR) is 119 cm³/mol. The summed E-state index contributed by atoms with van der Waals surface area (Å²) in [6, 6.07) is 12.0. The molecule has 0 radical (unpaired) electrons. The molecule has 28 heavy (non-hydrogen) atoms. The minimum atomic E-state index is -0.0293. The molecule has 1 unspecified atom stereocenters. The van der Waals surface area contributed by atoms with Crippen LogP contribution in [0.4, 0.5) is 5.69 Å². The highest BCUT2D eigenvalue weighted by Crippen LogP contribution is 2.28. The average Bonchev–Trinajstić information content (AvgIpc) is 3.19. The molecule has 1 aliphatic heterocycles. The summed E-state index contributed by atoms with van der Waals surface area (Å²) in [5.74, 6) is 1.78. The van der Waals surface area contributed by atoms with Gasteiger partial charge in [-0.05, 0) is 48.8 Å². The van der Waals surface area contributed by atoms with Crippen LogP contribution < -0.4 is 10.5 Å². The van der Waals surface area contributed by atoms with E-state index >= 15 is 0 Å². The van der Waals surface area contributed by atoms with Crippen molar-refractivity contribution in [3.63, 3.8) is 0 Å². The Morgan fingerprint density at radius 2 is 2.04 bits per heavy atom. The summed E-state index contributed by atoms with van der Waals surface area (Å²) < 4.78 is 1.67. The Labute approximate surface area is 170 Å². The average molecular weight is 394 g/mol. The first-order chi connectivity index (χ1) is 13.6. The van der Waals surface area contributed by atoms with E-state index < -0.39 is 0 Å². The summed E-state index contributed by atoms with van der Waals surface area (Å²) in [5, 5.41) is 0. The Morgan fingerprint density at radius 1 is 1.18 bits per heavy atom. The Morgan fingerprint density at radius 3 is 2.79 bits per heavy atom. The Kier molecular flexibility index (Phi) is 5.44. The number of rotatable bonds is 5. The van der Waals surface area contributed by atoms with Gasteiger partial charge < -0.3 is 4.90 Å². The van der Waals surface area contributed by atoms with Gasteiger partial charge in [-0.1, -0.05) is 32.4 Å². The summed E-state index contributed by atoms with van der Waals surface area (Å²) in [7, 11) is 0. The molecule has 0 bridgehead atoms. The van der Waals surface area contributed by atoms with Crippen molar-refractivity contribution in [2.24, 2.45) is 5.92 Å². The number of hydrogen-bond acceptors (Lipinski definition) is 4. The van der Waals surface area contributed by atoms with Crippen LogP contribution in [0.5, 0.6) is 0 Å². The van der Waals surface area contributed by atoms with Crippen LogP contribution >= 0.6 is 11.8 Å². The largest absolute Gasteiger partial charge is 0.370 e. The van der Waals surface area contributed by atoms with Gasteiger partial charge >= 0.3 is 0 Å². The fraction of sp³-hybridized carbons (Fsp3) is 0.391.